The quantitative estimate of drug-likeness (QED) is 0.547. The highest BCUT2D eigenvalue weighted by atomic mass is 15.5. The Labute approximate surface area is 71.2 Å². The average Bonchev–Trinajstić information content (AvgIpc) is 2.37. The summed E-state index contributed by atoms with van der Waals surface area (Å²) in [5.74, 6) is 0. The van der Waals surface area contributed by atoms with Gasteiger partial charge < -0.3 is 5.01 Å². The number of rotatable bonds is 0. The molecule has 0 aromatic heterocycles. The van der Waals surface area contributed by atoms with E-state index in [2.05, 4.69) is 16.5 Å². The first kappa shape index (κ1) is 7.32. The summed E-state index contributed by atoms with van der Waals surface area (Å²) >= 11 is 0. The van der Waals surface area contributed by atoms with Crippen LogP contribution in [0.5, 0.6) is 0 Å². The van der Waals surface area contributed by atoms with Gasteiger partial charge in [-0.25, -0.2) is 5.43 Å². The van der Waals surface area contributed by atoms with Gasteiger partial charge in [-0.15, -0.1) is 0 Å². The van der Waals surface area contributed by atoms with Gasteiger partial charge in [0, 0.05) is 18.8 Å². The lowest BCUT2D eigenvalue weighted by Crippen LogP contribution is -2.35. The van der Waals surface area contributed by atoms with Crippen LogP contribution in [0.15, 0.2) is 17.3 Å². The topological polar surface area (TPSA) is 51.4 Å². The summed E-state index contributed by atoms with van der Waals surface area (Å²) in [7, 11) is 0. The number of nitrogens with zero attached hydrogens (tertiary/aromatic N) is 3. The van der Waals surface area contributed by atoms with Crippen LogP contribution in [0.4, 0.5) is 0 Å². The number of aliphatic imine (C=N–C) groups is 1. The predicted molar refractivity (Wildman–Crippen MR) is 45.3 cm³/mol. The highest BCUT2D eigenvalue weighted by Crippen LogP contribution is 2.15. The van der Waals surface area contributed by atoms with Crippen LogP contribution in [0.3, 0.4) is 0 Å². The van der Waals surface area contributed by atoms with E-state index in [1.165, 1.54) is 0 Å². The van der Waals surface area contributed by atoms with Gasteiger partial charge in [0.05, 0.1) is 18.7 Å². The van der Waals surface area contributed by atoms with E-state index in [1.54, 1.807) is 6.21 Å². The number of hydrazine groups is 1. The lowest BCUT2D eigenvalue weighted by molar-refractivity contribution is 0.276. The third kappa shape index (κ3) is 1.19. The van der Waals surface area contributed by atoms with Crippen LogP contribution in [0, 0.1) is 11.3 Å². The van der Waals surface area contributed by atoms with E-state index >= 15 is 0 Å². The fourth-order valence-electron chi connectivity index (χ4n) is 1.51. The van der Waals surface area contributed by atoms with Crippen LogP contribution in [0.2, 0.25) is 0 Å². The first-order valence-electron chi connectivity index (χ1n) is 4.01. The third-order valence-corrected chi connectivity index (χ3v) is 2.12. The molecule has 2 aliphatic heterocycles. The Morgan fingerprint density at radius 3 is 3.42 bits per heavy atom. The summed E-state index contributed by atoms with van der Waals surface area (Å²) in [5.41, 5.74) is 3.09. The number of nitriles is 1. The van der Waals surface area contributed by atoms with Crippen molar-refractivity contribution in [2.24, 2.45) is 4.99 Å². The molecule has 0 saturated carbocycles. The van der Waals surface area contributed by atoms with Crippen molar-refractivity contribution in [3.05, 3.63) is 12.3 Å². The Hall–Kier alpha value is -1.34. The monoisotopic (exact) mass is 162 g/mol. The van der Waals surface area contributed by atoms with E-state index in [1.807, 2.05) is 17.3 Å². The SMILES string of the molecule is N#CC1CC2CN=CC=CN2N1. The molecule has 2 atom stereocenters. The molecule has 2 aliphatic rings. The second kappa shape index (κ2) is 2.95. The van der Waals surface area contributed by atoms with Crippen LogP contribution >= 0.6 is 0 Å². The highest BCUT2D eigenvalue weighted by molar-refractivity contribution is 5.71. The van der Waals surface area contributed by atoms with Crippen molar-refractivity contribution in [2.75, 3.05) is 6.54 Å². The molecule has 1 N–H and O–H groups in total. The normalized spacial score (nSPS) is 32.8. The van der Waals surface area contributed by atoms with Crippen molar-refractivity contribution in [2.45, 2.75) is 18.5 Å². The number of hydrogen-bond donors (Lipinski definition) is 1. The molecule has 12 heavy (non-hydrogen) atoms. The molecular formula is C8H10N4. The molecule has 0 aliphatic carbocycles. The second-order valence-corrected chi connectivity index (χ2v) is 2.96. The molecule has 62 valence electrons. The first-order valence-corrected chi connectivity index (χ1v) is 4.01. The lowest BCUT2D eigenvalue weighted by atomic mass is 10.1. The number of nitrogens with one attached hydrogen (secondary N) is 1. The van der Waals surface area contributed by atoms with Gasteiger partial charge in [-0.2, -0.15) is 5.26 Å². The minimum Gasteiger partial charge on any atom is -0.309 e. The van der Waals surface area contributed by atoms with Crippen molar-refractivity contribution in [3.8, 4) is 6.07 Å². The minimum absolute atomic E-state index is 0.0482. The minimum atomic E-state index is -0.0482. The summed E-state index contributed by atoms with van der Waals surface area (Å²) in [4.78, 5) is 4.18. The lowest BCUT2D eigenvalue weighted by Gasteiger charge is -2.18. The number of hydrogen-bond acceptors (Lipinski definition) is 4. The number of allylic oxidation sites excluding steroid dienone is 1. The molecule has 1 saturated heterocycles. The maximum atomic E-state index is 8.68. The van der Waals surface area contributed by atoms with Gasteiger partial charge in [-0.1, -0.05) is 0 Å². The molecule has 0 aromatic carbocycles. The average molecular weight is 162 g/mol. The Morgan fingerprint density at radius 1 is 1.67 bits per heavy atom. The van der Waals surface area contributed by atoms with Crippen molar-refractivity contribution in [1.29, 1.82) is 5.26 Å². The van der Waals surface area contributed by atoms with E-state index in [-0.39, 0.29) is 6.04 Å². The van der Waals surface area contributed by atoms with Gasteiger partial charge in [0.2, 0.25) is 0 Å². The van der Waals surface area contributed by atoms with E-state index in [0.29, 0.717) is 6.04 Å². The third-order valence-electron chi connectivity index (χ3n) is 2.12. The molecule has 2 heterocycles. The maximum Gasteiger partial charge on any atom is 0.115 e. The zero-order chi connectivity index (χ0) is 8.39. The van der Waals surface area contributed by atoms with Gasteiger partial charge >= 0.3 is 0 Å². The summed E-state index contributed by atoms with van der Waals surface area (Å²) in [6.45, 7) is 0.776. The van der Waals surface area contributed by atoms with Gasteiger partial charge in [0.15, 0.2) is 0 Å². The van der Waals surface area contributed by atoms with E-state index in [4.69, 9.17) is 5.26 Å². The van der Waals surface area contributed by atoms with Crippen LogP contribution in [-0.2, 0) is 0 Å². The smallest absolute Gasteiger partial charge is 0.115 e. The molecule has 0 bridgehead atoms. The largest absolute Gasteiger partial charge is 0.309 e. The van der Waals surface area contributed by atoms with Gasteiger partial charge in [-0.3, -0.25) is 4.99 Å². The molecule has 0 spiro atoms. The van der Waals surface area contributed by atoms with Gasteiger partial charge in [0.25, 0.3) is 0 Å². The van der Waals surface area contributed by atoms with Crippen molar-refractivity contribution >= 4 is 6.21 Å². The van der Waals surface area contributed by atoms with Crippen molar-refractivity contribution in [1.82, 2.24) is 10.4 Å². The summed E-state index contributed by atoms with van der Waals surface area (Å²) in [5, 5.41) is 10.7. The van der Waals surface area contributed by atoms with E-state index < -0.39 is 0 Å². The molecule has 1 fully saturated rings. The molecule has 0 amide bonds. The predicted octanol–water partition coefficient (Wildman–Crippen LogP) is 0.0556. The molecule has 2 unspecified atom stereocenters. The van der Waals surface area contributed by atoms with Crippen LogP contribution in [0.1, 0.15) is 6.42 Å². The zero-order valence-corrected chi connectivity index (χ0v) is 6.64. The Morgan fingerprint density at radius 2 is 2.58 bits per heavy atom. The Kier molecular flexibility index (Phi) is 1.80. The molecule has 0 aromatic rings. The molecule has 2 rings (SSSR count). The van der Waals surface area contributed by atoms with E-state index in [0.717, 1.165) is 13.0 Å². The van der Waals surface area contributed by atoms with Crippen LogP contribution in [0.25, 0.3) is 0 Å². The summed E-state index contributed by atoms with van der Waals surface area (Å²) in [6, 6.07) is 2.51. The number of fused-ring (bicyclic) bond motifs is 1. The fourth-order valence-corrected chi connectivity index (χ4v) is 1.51. The summed E-state index contributed by atoms with van der Waals surface area (Å²) in [6.07, 6.45) is 6.46. The second-order valence-electron chi connectivity index (χ2n) is 2.96. The Bertz CT molecular complexity index is 263. The van der Waals surface area contributed by atoms with Crippen molar-refractivity contribution in [3.63, 3.8) is 0 Å². The standard InChI is InChI=1S/C8H10N4/c9-5-7-4-8-6-10-2-1-3-12(8)11-7/h1-3,7-8,11H,4,6H2. The molecule has 0 radical (unpaired) electrons. The van der Waals surface area contributed by atoms with Gasteiger partial charge in [-0.05, 0) is 6.08 Å². The summed E-state index contributed by atoms with van der Waals surface area (Å²) < 4.78 is 0. The Balaban J connectivity index is 2.10. The van der Waals surface area contributed by atoms with E-state index in [9.17, 15) is 0 Å². The molecule has 4 heteroatoms. The molecule has 4 nitrogen and oxygen atoms in total. The van der Waals surface area contributed by atoms with Gasteiger partial charge in [0.1, 0.15) is 6.04 Å². The maximum absolute atomic E-state index is 8.68. The van der Waals surface area contributed by atoms with Crippen molar-refractivity contribution < 1.29 is 0 Å². The first-order chi connectivity index (χ1) is 5.90. The highest BCUT2D eigenvalue weighted by Gasteiger charge is 2.29. The van der Waals surface area contributed by atoms with Crippen LogP contribution in [-0.4, -0.2) is 29.9 Å². The zero-order valence-electron chi connectivity index (χ0n) is 6.64. The molecular weight excluding hydrogens is 152 g/mol. The fraction of sp³-hybridized carbons (Fsp3) is 0.500. The van der Waals surface area contributed by atoms with Crippen LogP contribution < -0.4 is 5.43 Å².